The van der Waals surface area contributed by atoms with E-state index in [2.05, 4.69) is 65.8 Å². The van der Waals surface area contributed by atoms with Crippen molar-refractivity contribution in [3.8, 4) is 0 Å². The molecule has 2 N–H and O–H groups in total. The van der Waals surface area contributed by atoms with E-state index in [0.29, 0.717) is 23.5 Å². The van der Waals surface area contributed by atoms with Crippen LogP contribution < -0.4 is 5.32 Å². The highest BCUT2D eigenvalue weighted by Gasteiger charge is 2.38. The third-order valence-electron chi connectivity index (χ3n) is 8.12. The van der Waals surface area contributed by atoms with E-state index in [4.69, 9.17) is 4.74 Å². The molecule has 0 bridgehead atoms. The third kappa shape index (κ3) is 8.25. The van der Waals surface area contributed by atoms with E-state index in [0.717, 1.165) is 13.0 Å². The zero-order chi connectivity index (χ0) is 32.7. The van der Waals surface area contributed by atoms with Crippen LogP contribution in [0.3, 0.4) is 0 Å². The largest absolute Gasteiger partial charge is 0.478 e. The van der Waals surface area contributed by atoms with Crippen LogP contribution in [0.2, 0.25) is 0 Å². The van der Waals surface area contributed by atoms with Crippen molar-refractivity contribution in [2.24, 2.45) is 5.41 Å². The van der Waals surface area contributed by atoms with Crippen LogP contribution in [0.25, 0.3) is 0 Å². The Labute approximate surface area is 264 Å². The summed E-state index contributed by atoms with van der Waals surface area (Å²) in [6, 6.07) is 26.6. The van der Waals surface area contributed by atoms with Crippen molar-refractivity contribution in [3.63, 3.8) is 0 Å². The normalized spacial score (nSPS) is 15.3. The lowest BCUT2D eigenvalue weighted by Crippen LogP contribution is -2.37. The second-order valence-corrected chi connectivity index (χ2v) is 12.4. The number of nitrogens with zero attached hydrogens (tertiary/aromatic N) is 2. The first kappa shape index (κ1) is 33.1. The van der Waals surface area contributed by atoms with Crippen LogP contribution >= 0.6 is 0 Å². The number of rotatable bonds is 13. The Kier molecular flexibility index (Phi) is 10.6. The molecule has 0 saturated heterocycles. The van der Waals surface area contributed by atoms with Crippen molar-refractivity contribution in [1.29, 1.82) is 0 Å². The Morgan fingerprint density at radius 2 is 1.53 bits per heavy atom. The molecule has 0 spiro atoms. The van der Waals surface area contributed by atoms with Gasteiger partial charge in [0.1, 0.15) is 0 Å². The number of esters is 1. The fraction of sp³-hybridized carbons (Fsp3) is 0.333. The Morgan fingerprint density at radius 3 is 2.09 bits per heavy atom. The molecule has 4 rings (SSSR count). The number of carbonyl (C=O) groups excluding carboxylic acids is 1. The predicted octanol–water partition coefficient (Wildman–Crippen LogP) is 6.64. The number of carboxylic acids is 1. The number of nitrogens with one attached hydrogen (secondary N) is 1. The van der Waals surface area contributed by atoms with Gasteiger partial charge in [-0.05, 0) is 50.6 Å². The number of carbonyl (C=O) groups is 2. The molecule has 9 heteroatoms. The van der Waals surface area contributed by atoms with Crippen LogP contribution in [0, 0.1) is 15.5 Å². The molecule has 1 aliphatic heterocycles. The average Bonchev–Trinajstić information content (AvgIpc) is 3.00. The molecule has 1 heterocycles. The lowest BCUT2D eigenvalue weighted by molar-refractivity contribution is -0.384. The van der Waals surface area contributed by atoms with Crippen molar-refractivity contribution in [1.82, 2.24) is 10.2 Å². The first-order valence-electron chi connectivity index (χ1n) is 15.0. The number of ether oxygens (including phenoxy) is 1. The highest BCUT2D eigenvalue weighted by Crippen LogP contribution is 2.40. The van der Waals surface area contributed by atoms with Gasteiger partial charge in [0.15, 0.2) is 0 Å². The second kappa shape index (κ2) is 14.3. The van der Waals surface area contributed by atoms with Gasteiger partial charge < -0.3 is 20.1 Å². The summed E-state index contributed by atoms with van der Waals surface area (Å²) < 4.78 is 5.86. The monoisotopic (exact) mass is 611 g/mol. The molecule has 0 fully saturated rings. The van der Waals surface area contributed by atoms with E-state index in [1.165, 1.54) is 29.3 Å². The van der Waals surface area contributed by atoms with Gasteiger partial charge in [-0.25, -0.2) is 9.59 Å². The second-order valence-electron chi connectivity index (χ2n) is 12.4. The first-order valence-corrected chi connectivity index (χ1v) is 15.0. The molecule has 0 aliphatic carbocycles. The maximum absolute atomic E-state index is 13.7. The lowest BCUT2D eigenvalue weighted by atomic mass is 9.80. The van der Waals surface area contributed by atoms with E-state index in [1.807, 2.05) is 26.0 Å². The van der Waals surface area contributed by atoms with Crippen LogP contribution in [0.15, 0.2) is 107 Å². The molecule has 1 atom stereocenters. The number of allylic oxidation sites excluding steroid dienone is 2. The van der Waals surface area contributed by atoms with E-state index < -0.39 is 28.2 Å². The van der Waals surface area contributed by atoms with Gasteiger partial charge in [0.2, 0.25) is 0 Å². The molecule has 0 amide bonds. The summed E-state index contributed by atoms with van der Waals surface area (Å²) in [5.41, 5.74) is 3.12. The van der Waals surface area contributed by atoms with E-state index in [9.17, 15) is 24.8 Å². The molecule has 3 aromatic rings. The van der Waals surface area contributed by atoms with Crippen molar-refractivity contribution in [2.75, 3.05) is 26.7 Å². The topological polar surface area (TPSA) is 122 Å². The summed E-state index contributed by atoms with van der Waals surface area (Å²) in [6.07, 6.45) is 0.909. The minimum Gasteiger partial charge on any atom is -0.478 e. The first-order chi connectivity index (χ1) is 21.4. The SMILES string of the molecule is CC1=C(C(=O)O)C(c2cccc([N+](=O)[O-])c2)C(C(=O)OCC(C)(C)CN(C)CCC(c2ccccc2)c2ccccc2)=C(C)N1. The number of nitro groups is 1. The minimum absolute atomic E-state index is 0.0570. The number of hydrogen-bond donors (Lipinski definition) is 2. The Balaban J connectivity index is 1.46. The van der Waals surface area contributed by atoms with Crippen LogP contribution in [-0.2, 0) is 14.3 Å². The minimum atomic E-state index is -1.22. The molecule has 0 radical (unpaired) electrons. The highest BCUT2D eigenvalue weighted by atomic mass is 16.6. The van der Waals surface area contributed by atoms with Gasteiger partial charge in [-0.15, -0.1) is 0 Å². The summed E-state index contributed by atoms with van der Waals surface area (Å²) >= 11 is 0. The quantitative estimate of drug-likeness (QED) is 0.125. The molecule has 1 aliphatic rings. The molecular weight excluding hydrogens is 570 g/mol. The van der Waals surface area contributed by atoms with Crippen LogP contribution in [0.1, 0.15) is 62.6 Å². The van der Waals surface area contributed by atoms with E-state index in [1.54, 1.807) is 19.9 Å². The fourth-order valence-electron chi connectivity index (χ4n) is 6.14. The average molecular weight is 612 g/mol. The van der Waals surface area contributed by atoms with Gasteiger partial charge in [0.05, 0.1) is 28.6 Å². The summed E-state index contributed by atoms with van der Waals surface area (Å²) in [7, 11) is 2.05. The number of dihydropyridines is 1. The molecule has 9 nitrogen and oxygen atoms in total. The van der Waals surface area contributed by atoms with Gasteiger partial charge in [-0.1, -0.05) is 86.6 Å². The predicted molar refractivity (Wildman–Crippen MR) is 174 cm³/mol. The molecule has 3 aromatic carbocycles. The Hall–Kier alpha value is -4.76. The van der Waals surface area contributed by atoms with Crippen molar-refractivity contribution >= 4 is 17.6 Å². The van der Waals surface area contributed by atoms with Crippen molar-refractivity contribution in [2.45, 2.75) is 46.0 Å². The molecule has 236 valence electrons. The van der Waals surface area contributed by atoms with Crippen LogP contribution in [-0.4, -0.2) is 53.6 Å². The Morgan fingerprint density at radius 1 is 0.956 bits per heavy atom. The highest BCUT2D eigenvalue weighted by molar-refractivity contribution is 5.99. The molecule has 0 aromatic heterocycles. The molecule has 0 saturated carbocycles. The van der Waals surface area contributed by atoms with E-state index in [-0.39, 0.29) is 29.4 Å². The van der Waals surface area contributed by atoms with Gasteiger partial charge in [-0.3, -0.25) is 10.1 Å². The lowest BCUT2D eigenvalue weighted by Gasteiger charge is -2.33. The maximum atomic E-state index is 13.7. The zero-order valence-electron chi connectivity index (χ0n) is 26.4. The number of aliphatic carboxylic acids is 1. The van der Waals surface area contributed by atoms with Gasteiger partial charge in [-0.2, -0.15) is 0 Å². The molecule has 1 unspecified atom stereocenters. The maximum Gasteiger partial charge on any atom is 0.336 e. The summed E-state index contributed by atoms with van der Waals surface area (Å²) in [5.74, 6) is -2.67. The van der Waals surface area contributed by atoms with Crippen LogP contribution in [0.5, 0.6) is 0 Å². The van der Waals surface area contributed by atoms with Crippen molar-refractivity contribution in [3.05, 3.63) is 134 Å². The molecule has 45 heavy (non-hydrogen) atoms. The summed E-state index contributed by atoms with van der Waals surface area (Å²) in [6.45, 7) is 8.90. The summed E-state index contributed by atoms with van der Waals surface area (Å²) in [4.78, 5) is 39.2. The van der Waals surface area contributed by atoms with Gasteiger partial charge >= 0.3 is 11.9 Å². The van der Waals surface area contributed by atoms with Crippen LogP contribution in [0.4, 0.5) is 5.69 Å². The number of nitro benzene ring substituents is 1. The smallest absolute Gasteiger partial charge is 0.336 e. The number of non-ortho nitro benzene ring substituents is 1. The number of carboxylic acid groups (broad SMARTS) is 1. The zero-order valence-corrected chi connectivity index (χ0v) is 26.4. The fourth-order valence-corrected chi connectivity index (χ4v) is 6.14. The number of benzene rings is 3. The third-order valence-corrected chi connectivity index (χ3v) is 8.12. The summed E-state index contributed by atoms with van der Waals surface area (Å²) in [5, 5.41) is 24.6. The standard InChI is InChI=1S/C36H41N3O6/c1-24-31(34(40)41)33(28-17-12-18-29(21-28)39(43)44)32(25(2)37-24)35(42)45-23-36(3,4)22-38(5)20-19-30(26-13-8-6-9-14-26)27-15-10-7-11-16-27/h6-18,21,30,33,37H,19-20,22-23H2,1-5H3,(H,40,41). The molecular formula is C36H41N3O6. The van der Waals surface area contributed by atoms with Gasteiger partial charge in [0, 0.05) is 41.4 Å². The number of hydrogen-bond acceptors (Lipinski definition) is 7. The van der Waals surface area contributed by atoms with Crippen molar-refractivity contribution < 1.29 is 24.4 Å². The van der Waals surface area contributed by atoms with Gasteiger partial charge in [0.25, 0.3) is 5.69 Å². The Bertz CT molecular complexity index is 1560. The van der Waals surface area contributed by atoms with E-state index >= 15 is 0 Å².